The van der Waals surface area contributed by atoms with Gasteiger partial charge in [0.05, 0.1) is 5.52 Å². The predicted molar refractivity (Wildman–Crippen MR) is 82.4 cm³/mol. The smallest absolute Gasteiger partial charge is 0.126 e. The molecule has 0 aliphatic heterocycles. The molecule has 1 N–H and O–H groups in total. The Hall–Kier alpha value is -1.22. The van der Waals surface area contributed by atoms with Crippen molar-refractivity contribution < 1.29 is 0 Å². The van der Waals surface area contributed by atoms with Crippen molar-refractivity contribution in [3.8, 4) is 0 Å². The Morgan fingerprint density at radius 3 is 2.89 bits per heavy atom. The van der Waals surface area contributed by atoms with E-state index in [0.717, 1.165) is 11.3 Å². The van der Waals surface area contributed by atoms with E-state index < -0.39 is 0 Å². The van der Waals surface area contributed by atoms with Crippen molar-refractivity contribution in [2.75, 3.05) is 16.8 Å². The molecule has 1 aromatic carbocycles. The molecule has 0 spiro atoms. The van der Waals surface area contributed by atoms with Crippen LogP contribution in [0.4, 0.5) is 5.82 Å². The number of rotatable bonds is 6. The monoisotopic (exact) mass is 260 g/mol. The second-order valence-electron chi connectivity index (χ2n) is 4.42. The first-order valence-corrected chi connectivity index (χ1v) is 7.65. The van der Waals surface area contributed by atoms with E-state index in [2.05, 4.69) is 48.4 Å². The van der Waals surface area contributed by atoms with Crippen molar-refractivity contribution in [2.45, 2.75) is 26.3 Å². The van der Waals surface area contributed by atoms with Gasteiger partial charge in [-0.15, -0.1) is 0 Å². The molecule has 2 aromatic rings. The number of pyridine rings is 1. The number of thioether (sulfide) groups is 1. The first kappa shape index (κ1) is 13.2. The lowest BCUT2D eigenvalue weighted by Crippen LogP contribution is -2.16. The van der Waals surface area contributed by atoms with E-state index in [1.165, 1.54) is 23.3 Å². The van der Waals surface area contributed by atoms with Crippen LogP contribution in [0, 0.1) is 0 Å². The van der Waals surface area contributed by atoms with Crippen LogP contribution in [-0.2, 0) is 0 Å². The molecule has 0 saturated carbocycles. The molecule has 0 aliphatic carbocycles. The normalized spacial score (nSPS) is 12.6. The van der Waals surface area contributed by atoms with Crippen LogP contribution < -0.4 is 5.32 Å². The molecule has 1 heterocycles. The van der Waals surface area contributed by atoms with E-state index in [9.17, 15) is 0 Å². The lowest BCUT2D eigenvalue weighted by atomic mass is 10.2. The van der Waals surface area contributed by atoms with Crippen LogP contribution in [0.5, 0.6) is 0 Å². The third-order valence-corrected chi connectivity index (χ3v) is 3.82. The Morgan fingerprint density at radius 2 is 2.06 bits per heavy atom. The van der Waals surface area contributed by atoms with Gasteiger partial charge in [0.2, 0.25) is 0 Å². The summed E-state index contributed by atoms with van der Waals surface area (Å²) >= 11 is 1.99. The average Bonchev–Trinajstić information content (AvgIpc) is 2.39. The van der Waals surface area contributed by atoms with Crippen LogP contribution in [0.3, 0.4) is 0 Å². The highest BCUT2D eigenvalue weighted by Gasteiger charge is 2.03. The largest absolute Gasteiger partial charge is 0.368 e. The van der Waals surface area contributed by atoms with E-state index in [1.807, 2.05) is 23.9 Å². The summed E-state index contributed by atoms with van der Waals surface area (Å²) in [7, 11) is 0. The molecule has 18 heavy (non-hydrogen) atoms. The summed E-state index contributed by atoms with van der Waals surface area (Å²) in [6.45, 7) is 4.42. The number of aromatic nitrogens is 1. The lowest BCUT2D eigenvalue weighted by molar-refractivity contribution is 0.767. The van der Waals surface area contributed by atoms with Crippen LogP contribution in [0.25, 0.3) is 10.9 Å². The zero-order valence-corrected chi connectivity index (χ0v) is 11.8. The third-order valence-electron chi connectivity index (χ3n) is 2.89. The molecular weight excluding hydrogens is 240 g/mol. The molecular formula is C15H20N2S. The van der Waals surface area contributed by atoms with Crippen molar-refractivity contribution >= 4 is 28.5 Å². The zero-order chi connectivity index (χ0) is 12.8. The number of benzene rings is 1. The Morgan fingerprint density at radius 1 is 1.22 bits per heavy atom. The molecule has 0 fully saturated rings. The quantitative estimate of drug-likeness (QED) is 0.789. The number of nitrogens with zero attached hydrogens (tertiary/aromatic N) is 1. The van der Waals surface area contributed by atoms with Gasteiger partial charge in [0.25, 0.3) is 0 Å². The average molecular weight is 260 g/mol. The Kier molecular flexibility index (Phi) is 4.88. The Balaban J connectivity index is 1.98. The Bertz CT molecular complexity index is 499. The molecule has 1 unspecified atom stereocenters. The summed E-state index contributed by atoms with van der Waals surface area (Å²) in [6.07, 6.45) is 1.17. The number of anilines is 1. The van der Waals surface area contributed by atoms with E-state index in [1.54, 1.807) is 0 Å². The summed E-state index contributed by atoms with van der Waals surface area (Å²) in [4.78, 5) is 4.63. The zero-order valence-electron chi connectivity index (χ0n) is 11.0. The van der Waals surface area contributed by atoms with Crippen LogP contribution in [0.2, 0.25) is 0 Å². The van der Waals surface area contributed by atoms with Gasteiger partial charge in [-0.2, -0.15) is 11.8 Å². The van der Waals surface area contributed by atoms with Gasteiger partial charge >= 0.3 is 0 Å². The van der Waals surface area contributed by atoms with Gasteiger partial charge in [-0.3, -0.25) is 0 Å². The van der Waals surface area contributed by atoms with Gasteiger partial charge in [-0.25, -0.2) is 4.98 Å². The summed E-state index contributed by atoms with van der Waals surface area (Å²) in [5.74, 6) is 3.38. The molecule has 1 atom stereocenters. The molecule has 0 saturated heterocycles. The van der Waals surface area contributed by atoms with Crippen molar-refractivity contribution in [1.29, 1.82) is 0 Å². The summed E-state index contributed by atoms with van der Waals surface area (Å²) in [5.41, 5.74) is 1.05. The predicted octanol–water partition coefficient (Wildman–Crippen LogP) is 4.18. The minimum atomic E-state index is 0.470. The van der Waals surface area contributed by atoms with Crippen LogP contribution in [-0.4, -0.2) is 22.5 Å². The highest BCUT2D eigenvalue weighted by Crippen LogP contribution is 2.16. The van der Waals surface area contributed by atoms with Crippen LogP contribution >= 0.6 is 11.8 Å². The fourth-order valence-electron chi connectivity index (χ4n) is 1.88. The fourth-order valence-corrected chi connectivity index (χ4v) is 2.68. The number of fused-ring (bicyclic) bond motifs is 1. The van der Waals surface area contributed by atoms with E-state index >= 15 is 0 Å². The molecule has 2 nitrogen and oxygen atoms in total. The summed E-state index contributed by atoms with van der Waals surface area (Å²) in [5, 5.41) is 4.66. The molecule has 0 aliphatic rings. The molecule has 3 heteroatoms. The molecule has 96 valence electrons. The summed E-state index contributed by atoms with van der Waals surface area (Å²) < 4.78 is 0. The topological polar surface area (TPSA) is 24.9 Å². The van der Waals surface area contributed by atoms with Crippen molar-refractivity contribution in [3.05, 3.63) is 36.4 Å². The molecule has 0 amide bonds. The number of para-hydroxylation sites is 1. The molecule has 1 aromatic heterocycles. The van der Waals surface area contributed by atoms with Gasteiger partial charge in [0, 0.05) is 11.4 Å². The van der Waals surface area contributed by atoms with Gasteiger partial charge in [-0.1, -0.05) is 25.1 Å². The third kappa shape index (κ3) is 3.64. The maximum atomic E-state index is 4.63. The fraction of sp³-hybridized carbons (Fsp3) is 0.400. The lowest BCUT2D eigenvalue weighted by Gasteiger charge is -2.14. The SMILES string of the molecule is CCSCCC(C)Nc1ccc2ccccc2n1. The minimum absolute atomic E-state index is 0.470. The van der Waals surface area contributed by atoms with Gasteiger partial charge in [0.15, 0.2) is 0 Å². The van der Waals surface area contributed by atoms with E-state index in [4.69, 9.17) is 0 Å². The maximum absolute atomic E-state index is 4.63. The second kappa shape index (κ2) is 6.64. The highest BCUT2D eigenvalue weighted by atomic mass is 32.2. The van der Waals surface area contributed by atoms with E-state index in [-0.39, 0.29) is 0 Å². The second-order valence-corrected chi connectivity index (χ2v) is 5.81. The Labute approximate surface area is 113 Å². The molecule has 2 rings (SSSR count). The highest BCUT2D eigenvalue weighted by molar-refractivity contribution is 7.99. The van der Waals surface area contributed by atoms with Crippen molar-refractivity contribution in [2.24, 2.45) is 0 Å². The van der Waals surface area contributed by atoms with Gasteiger partial charge in [0.1, 0.15) is 5.82 Å². The number of nitrogens with one attached hydrogen (secondary N) is 1. The number of hydrogen-bond donors (Lipinski definition) is 1. The number of hydrogen-bond acceptors (Lipinski definition) is 3. The maximum Gasteiger partial charge on any atom is 0.126 e. The first-order chi connectivity index (χ1) is 8.79. The first-order valence-electron chi connectivity index (χ1n) is 6.49. The van der Waals surface area contributed by atoms with Crippen LogP contribution in [0.1, 0.15) is 20.3 Å². The standard InChI is InChI=1S/C15H20N2S/c1-3-18-11-10-12(2)16-15-9-8-13-6-4-5-7-14(13)17-15/h4-9,12H,3,10-11H2,1-2H3,(H,16,17). The summed E-state index contributed by atoms with van der Waals surface area (Å²) in [6, 6.07) is 12.9. The van der Waals surface area contributed by atoms with Gasteiger partial charge in [-0.05, 0) is 43.0 Å². The van der Waals surface area contributed by atoms with Crippen LogP contribution in [0.15, 0.2) is 36.4 Å². The van der Waals surface area contributed by atoms with Gasteiger partial charge < -0.3 is 5.32 Å². The molecule has 0 bridgehead atoms. The van der Waals surface area contributed by atoms with Crippen molar-refractivity contribution in [3.63, 3.8) is 0 Å². The minimum Gasteiger partial charge on any atom is -0.368 e. The van der Waals surface area contributed by atoms with E-state index in [0.29, 0.717) is 6.04 Å². The van der Waals surface area contributed by atoms with Crippen molar-refractivity contribution in [1.82, 2.24) is 4.98 Å². The molecule has 0 radical (unpaired) electrons.